The van der Waals surface area contributed by atoms with Gasteiger partial charge in [0, 0.05) is 165 Å². The van der Waals surface area contributed by atoms with E-state index in [-0.39, 0.29) is 0 Å². The standard InChI is InChI=1S/C46H30N4.2C45H29N5/c1-4-12-31(13-5-1)37-18-10-20-39-43(37)40-21-11-19-38(45(40)50-44(39)35-26-28-47-29-27-35)32-22-24-34(25-23-32)42-30-41(33-14-6-2-7-15-33)48-46(49-42)36-16-8-3-9-17-36;1-4-12-30(13-5-1)36-18-10-20-38-40(36)39-21-11-19-37(42(39)47-41(38)32-26-28-46-29-27-32)31-22-24-35(25-23-31)45-49-43(33-14-6-2-7-15-33)48-44(50-45)34-16-8-3-9-17-34;1-2-10-31(11-3-1)35-12-8-14-37-43(35)38-15-9-13-36(45(38)50-44(37)33-22-26-46-27-23-33)32-20-18-30(19-21-32)34-28-41(39-16-4-6-24-47-39)49-42(29-34)40-17-5-7-25-48-40/h1-30H;2*1-29H. The number of hydrogen-bond acceptors (Lipinski definition) is 14. The number of nitrogens with zero attached hydrogens (tertiary/aromatic N) is 14. The average Bonchev–Trinajstić information content (AvgIpc) is 0.739. The molecule has 702 valence electrons. The SMILES string of the molecule is c1ccc(-c2cc(-c3ccc(-c4cccc5c4nc(-c4ccncc4)c4cccc(-c6ccccc6)c45)cc3)nc(-c3ccccc3)n2)cc1.c1ccc(-c2cccc3c(-c4ccncc4)nc4c(-c5ccc(-c6cc(-c7ccccn7)nc(-c7ccccn7)c6)cc5)cccc4c23)cc1.c1ccc(-c2nc(-c3ccccc3)nc(-c3ccc(-c4cccc5c4nc(-c4ccncc4)c4cccc(-c6ccccc6)c45)cc3)n2)cc1. The van der Waals surface area contributed by atoms with Crippen molar-refractivity contribution >= 4 is 65.0 Å². The fourth-order valence-electron chi connectivity index (χ4n) is 20.2. The van der Waals surface area contributed by atoms with Gasteiger partial charge in [-0.15, -0.1) is 0 Å². The van der Waals surface area contributed by atoms with Gasteiger partial charge in [0.25, 0.3) is 0 Å². The number of benzene rings is 16. The van der Waals surface area contributed by atoms with Crippen molar-refractivity contribution in [2.75, 3.05) is 0 Å². The smallest absolute Gasteiger partial charge is 0.164 e. The van der Waals surface area contributed by atoms with Crippen molar-refractivity contribution in [2.45, 2.75) is 0 Å². The molecule has 0 aliphatic rings. The predicted octanol–water partition coefficient (Wildman–Crippen LogP) is 33.5. The van der Waals surface area contributed by atoms with Gasteiger partial charge in [-0.05, 0) is 140 Å². The highest BCUT2D eigenvalue weighted by molar-refractivity contribution is 6.22. The number of aromatic nitrogens is 14. The first kappa shape index (κ1) is 90.8. The monoisotopic (exact) mass is 1920 g/mol. The van der Waals surface area contributed by atoms with Gasteiger partial charge in [0.2, 0.25) is 0 Å². The van der Waals surface area contributed by atoms with Gasteiger partial charge in [0.15, 0.2) is 23.3 Å². The van der Waals surface area contributed by atoms with Crippen LogP contribution in [0.3, 0.4) is 0 Å². The van der Waals surface area contributed by atoms with Gasteiger partial charge in [0.1, 0.15) is 0 Å². The van der Waals surface area contributed by atoms with Crippen molar-refractivity contribution in [3.05, 3.63) is 535 Å². The molecule has 16 aromatic carbocycles. The molecule has 0 bridgehead atoms. The van der Waals surface area contributed by atoms with Crippen LogP contribution in [0, 0.1) is 0 Å². The lowest BCUT2D eigenvalue weighted by atomic mass is 9.91. The Hall–Kier alpha value is -20.5. The summed E-state index contributed by atoms with van der Waals surface area (Å²) in [6.07, 6.45) is 14.6. The molecule has 0 saturated carbocycles. The maximum absolute atomic E-state index is 5.41. The molecule has 14 nitrogen and oxygen atoms in total. The van der Waals surface area contributed by atoms with Crippen LogP contribution in [0.25, 0.3) is 268 Å². The minimum atomic E-state index is 0.624. The summed E-state index contributed by atoms with van der Waals surface area (Å²) in [7, 11) is 0. The van der Waals surface area contributed by atoms with Crippen LogP contribution < -0.4 is 0 Å². The van der Waals surface area contributed by atoms with Crippen LogP contribution in [-0.2, 0) is 0 Å². The fraction of sp³-hybridized carbons (Fsp3) is 0. The Kier molecular flexibility index (Phi) is 24.9. The van der Waals surface area contributed by atoms with E-state index in [2.05, 4.69) is 340 Å². The zero-order valence-electron chi connectivity index (χ0n) is 81.1. The number of pyridine rings is 9. The summed E-state index contributed by atoms with van der Waals surface area (Å²) in [6.45, 7) is 0. The number of fused-ring (bicyclic) bond motifs is 9. The second-order valence-corrected chi connectivity index (χ2v) is 36.5. The van der Waals surface area contributed by atoms with Crippen molar-refractivity contribution < 1.29 is 0 Å². The molecule has 0 saturated heterocycles. The van der Waals surface area contributed by atoms with Crippen molar-refractivity contribution in [1.82, 2.24) is 69.8 Å². The highest BCUT2D eigenvalue weighted by Crippen LogP contribution is 2.48. The van der Waals surface area contributed by atoms with E-state index in [1.165, 1.54) is 49.5 Å². The van der Waals surface area contributed by atoms with E-state index in [4.69, 9.17) is 44.9 Å². The summed E-state index contributed by atoms with van der Waals surface area (Å²) in [5.74, 6) is 2.61. The Balaban J connectivity index is 0.000000116. The van der Waals surface area contributed by atoms with Gasteiger partial charge in [-0.1, -0.05) is 406 Å². The first-order valence-electron chi connectivity index (χ1n) is 49.9. The summed E-state index contributed by atoms with van der Waals surface area (Å²) < 4.78 is 0. The highest BCUT2D eigenvalue weighted by Gasteiger charge is 2.25. The Morgan fingerprint density at radius 2 is 0.367 bits per heavy atom. The summed E-state index contributed by atoms with van der Waals surface area (Å²) in [5, 5.41) is 10.2. The van der Waals surface area contributed by atoms with Crippen molar-refractivity contribution in [2.24, 2.45) is 0 Å². The van der Waals surface area contributed by atoms with Crippen molar-refractivity contribution in [3.8, 4) is 203 Å². The molecule has 11 heterocycles. The van der Waals surface area contributed by atoms with E-state index in [0.29, 0.717) is 23.3 Å². The Labute approximate surface area is 866 Å². The molecule has 0 N–H and O–H groups in total. The molecule has 150 heavy (non-hydrogen) atoms. The number of para-hydroxylation sites is 3. The maximum atomic E-state index is 5.41. The second-order valence-electron chi connectivity index (χ2n) is 36.5. The highest BCUT2D eigenvalue weighted by atomic mass is 15.0. The van der Waals surface area contributed by atoms with Crippen LogP contribution in [0.2, 0.25) is 0 Å². The molecule has 14 heteroatoms. The lowest BCUT2D eigenvalue weighted by Crippen LogP contribution is -2.00. The van der Waals surface area contributed by atoms with Crippen molar-refractivity contribution in [3.63, 3.8) is 0 Å². The molecule has 0 aliphatic heterocycles. The van der Waals surface area contributed by atoms with E-state index >= 15 is 0 Å². The van der Waals surface area contributed by atoms with Crippen LogP contribution >= 0.6 is 0 Å². The van der Waals surface area contributed by atoms with Gasteiger partial charge < -0.3 is 0 Å². The third kappa shape index (κ3) is 18.4. The Morgan fingerprint density at radius 3 is 0.680 bits per heavy atom. The largest absolute Gasteiger partial charge is 0.265 e. The van der Waals surface area contributed by atoms with Gasteiger partial charge in [-0.3, -0.25) is 24.9 Å². The van der Waals surface area contributed by atoms with Gasteiger partial charge >= 0.3 is 0 Å². The molecular weight excluding hydrogens is 1830 g/mol. The molecule has 27 rings (SSSR count). The van der Waals surface area contributed by atoms with E-state index < -0.39 is 0 Å². The molecule has 0 amide bonds. The van der Waals surface area contributed by atoms with Gasteiger partial charge in [-0.2, -0.15) is 0 Å². The topological polar surface area (TPSA) is 180 Å². The molecule has 0 spiro atoms. The third-order valence-electron chi connectivity index (χ3n) is 27.3. The molecule has 11 aromatic heterocycles. The van der Waals surface area contributed by atoms with E-state index in [1.807, 2.05) is 207 Å². The Bertz CT molecular complexity index is 8530. The lowest BCUT2D eigenvalue weighted by molar-refractivity contribution is 1.07. The van der Waals surface area contributed by atoms with E-state index in [1.54, 1.807) is 12.4 Å². The molecular formula is C136H88N14. The molecule has 0 radical (unpaired) electrons. The molecule has 0 aliphatic carbocycles. The van der Waals surface area contributed by atoms with E-state index in [0.717, 1.165) is 195 Å². The van der Waals surface area contributed by atoms with Gasteiger partial charge in [0.05, 0.1) is 67.8 Å². The fourth-order valence-corrected chi connectivity index (χ4v) is 20.2. The minimum Gasteiger partial charge on any atom is -0.265 e. The summed E-state index contributed by atoms with van der Waals surface area (Å²) in [6, 6.07) is 167. The summed E-state index contributed by atoms with van der Waals surface area (Å²) in [5.41, 5.74) is 35.3. The Morgan fingerprint density at radius 1 is 0.120 bits per heavy atom. The number of rotatable bonds is 18. The van der Waals surface area contributed by atoms with Crippen LogP contribution in [-0.4, -0.2) is 69.8 Å². The molecule has 0 fully saturated rings. The zero-order valence-corrected chi connectivity index (χ0v) is 81.1. The van der Waals surface area contributed by atoms with Crippen LogP contribution in [0.15, 0.2) is 535 Å². The lowest BCUT2D eigenvalue weighted by Gasteiger charge is -2.16. The first-order chi connectivity index (χ1) is 74.4. The van der Waals surface area contributed by atoms with Crippen molar-refractivity contribution in [1.29, 1.82) is 0 Å². The minimum absolute atomic E-state index is 0.624. The van der Waals surface area contributed by atoms with Crippen LogP contribution in [0.4, 0.5) is 0 Å². The quantitative estimate of drug-likeness (QED) is 0.0740. The zero-order chi connectivity index (χ0) is 99.8. The number of hydrogen-bond donors (Lipinski definition) is 0. The average molecular weight is 1920 g/mol. The van der Waals surface area contributed by atoms with E-state index in [9.17, 15) is 0 Å². The molecule has 0 unspecified atom stereocenters. The molecule has 27 aromatic rings. The second kappa shape index (κ2) is 41.1. The summed E-state index contributed by atoms with van der Waals surface area (Å²) >= 11 is 0. The summed E-state index contributed by atoms with van der Waals surface area (Å²) in [4.78, 5) is 67.9. The van der Waals surface area contributed by atoms with Crippen LogP contribution in [0.1, 0.15) is 0 Å². The predicted molar refractivity (Wildman–Crippen MR) is 611 cm³/mol. The molecule has 0 atom stereocenters. The maximum Gasteiger partial charge on any atom is 0.164 e. The third-order valence-corrected chi connectivity index (χ3v) is 27.3. The van der Waals surface area contributed by atoms with Gasteiger partial charge in [-0.25, -0.2) is 44.9 Å². The first-order valence-corrected chi connectivity index (χ1v) is 49.9. The normalized spacial score (nSPS) is 11.2. The van der Waals surface area contributed by atoms with Crippen LogP contribution in [0.5, 0.6) is 0 Å².